The molecule has 0 fully saturated rings. The minimum absolute atomic E-state index is 0.417. The third-order valence-electron chi connectivity index (χ3n) is 2.48. The molecule has 1 heterocycles. The van der Waals surface area contributed by atoms with Crippen molar-refractivity contribution in [2.24, 2.45) is 5.41 Å². The Kier molecular flexibility index (Phi) is 4.63. The van der Waals surface area contributed by atoms with Gasteiger partial charge in [0.15, 0.2) is 0 Å². The Balaban J connectivity index is 2.28. The Hall–Kier alpha value is -0.340. The van der Waals surface area contributed by atoms with E-state index in [0.717, 1.165) is 13.1 Å². The van der Waals surface area contributed by atoms with Crippen molar-refractivity contribution in [3.05, 3.63) is 22.4 Å². The summed E-state index contributed by atoms with van der Waals surface area (Å²) in [5.74, 6) is 0. The summed E-state index contributed by atoms with van der Waals surface area (Å²) in [5, 5.41) is 5.58. The van der Waals surface area contributed by atoms with Crippen molar-refractivity contribution in [2.75, 3.05) is 13.1 Å². The topological polar surface area (TPSA) is 12.0 Å². The van der Waals surface area contributed by atoms with E-state index in [4.69, 9.17) is 0 Å². The molecule has 0 unspecified atom stereocenters. The molecular formula is C12H21NS. The number of nitrogens with one attached hydrogen (secondary N) is 1. The number of aryl methyl sites for hydroxylation is 1. The van der Waals surface area contributed by atoms with Gasteiger partial charge in [-0.25, -0.2) is 0 Å². The first kappa shape index (κ1) is 11.7. The normalized spacial score (nSPS) is 11.9. The predicted octanol–water partition coefficient (Wildman–Crippen LogP) is 3.32. The van der Waals surface area contributed by atoms with Crippen LogP contribution in [0, 0.1) is 5.41 Å². The van der Waals surface area contributed by atoms with Crippen LogP contribution < -0.4 is 5.32 Å². The monoisotopic (exact) mass is 211 g/mol. The molecule has 2 heteroatoms. The molecule has 0 radical (unpaired) electrons. The Morgan fingerprint density at radius 3 is 2.79 bits per heavy atom. The molecule has 0 saturated carbocycles. The fraction of sp³-hybridized carbons (Fsp3) is 0.667. The lowest BCUT2D eigenvalue weighted by Crippen LogP contribution is -2.29. The Bertz CT molecular complexity index is 239. The molecule has 0 amide bonds. The summed E-state index contributed by atoms with van der Waals surface area (Å²) in [6, 6.07) is 4.37. The molecule has 0 bridgehead atoms. The van der Waals surface area contributed by atoms with Crippen molar-refractivity contribution < 1.29 is 0 Å². The average molecular weight is 211 g/mol. The second-order valence-electron chi connectivity index (χ2n) is 4.52. The van der Waals surface area contributed by atoms with Crippen molar-refractivity contribution in [3.8, 4) is 0 Å². The summed E-state index contributed by atoms with van der Waals surface area (Å²) in [7, 11) is 0. The number of thiophene rings is 1. The molecule has 1 rings (SSSR count). The molecule has 1 nitrogen and oxygen atoms in total. The van der Waals surface area contributed by atoms with Crippen LogP contribution in [0.5, 0.6) is 0 Å². The highest BCUT2D eigenvalue weighted by Crippen LogP contribution is 2.23. The third-order valence-corrected chi connectivity index (χ3v) is 3.42. The third kappa shape index (κ3) is 4.25. The van der Waals surface area contributed by atoms with Gasteiger partial charge in [-0.2, -0.15) is 0 Å². The predicted molar refractivity (Wildman–Crippen MR) is 65.0 cm³/mol. The first-order chi connectivity index (χ1) is 6.64. The highest BCUT2D eigenvalue weighted by molar-refractivity contribution is 7.09. The van der Waals surface area contributed by atoms with E-state index in [1.54, 1.807) is 0 Å². The maximum atomic E-state index is 3.42. The van der Waals surface area contributed by atoms with E-state index < -0.39 is 0 Å². The van der Waals surface area contributed by atoms with Gasteiger partial charge in [0, 0.05) is 11.4 Å². The summed E-state index contributed by atoms with van der Waals surface area (Å²) >= 11 is 1.87. The maximum absolute atomic E-state index is 3.42. The van der Waals surface area contributed by atoms with Crippen molar-refractivity contribution >= 4 is 11.3 Å². The minimum Gasteiger partial charge on any atom is -0.316 e. The molecule has 0 saturated heterocycles. The molecule has 0 aliphatic heterocycles. The second kappa shape index (κ2) is 5.52. The largest absolute Gasteiger partial charge is 0.316 e. The van der Waals surface area contributed by atoms with Crippen molar-refractivity contribution in [3.63, 3.8) is 0 Å². The fourth-order valence-corrected chi connectivity index (χ4v) is 2.18. The summed E-state index contributed by atoms with van der Waals surface area (Å²) in [4.78, 5) is 1.51. The highest BCUT2D eigenvalue weighted by Gasteiger charge is 2.16. The van der Waals surface area contributed by atoms with Crippen LogP contribution in [0.4, 0.5) is 0 Å². The summed E-state index contributed by atoms with van der Waals surface area (Å²) in [6.07, 6.45) is 2.48. The minimum atomic E-state index is 0.417. The van der Waals surface area contributed by atoms with E-state index in [2.05, 4.69) is 43.6 Å². The van der Waals surface area contributed by atoms with Gasteiger partial charge in [0.1, 0.15) is 0 Å². The van der Waals surface area contributed by atoms with E-state index in [9.17, 15) is 0 Å². The number of hydrogen-bond acceptors (Lipinski definition) is 2. The van der Waals surface area contributed by atoms with Gasteiger partial charge in [0.25, 0.3) is 0 Å². The lowest BCUT2D eigenvalue weighted by Gasteiger charge is -2.24. The van der Waals surface area contributed by atoms with E-state index in [0.29, 0.717) is 5.41 Å². The standard InChI is InChI=1S/C12H21NS/c1-4-13-10-12(2,3)8-7-11-6-5-9-14-11/h5-6,9,13H,4,7-8,10H2,1-3H3. The van der Waals surface area contributed by atoms with Gasteiger partial charge in [-0.05, 0) is 36.2 Å². The Morgan fingerprint density at radius 2 is 2.21 bits per heavy atom. The van der Waals surface area contributed by atoms with Gasteiger partial charge >= 0.3 is 0 Å². The van der Waals surface area contributed by atoms with Crippen LogP contribution >= 0.6 is 11.3 Å². The fourth-order valence-electron chi connectivity index (χ4n) is 1.47. The Morgan fingerprint density at radius 1 is 1.43 bits per heavy atom. The molecular weight excluding hydrogens is 190 g/mol. The van der Waals surface area contributed by atoms with Gasteiger partial charge in [-0.1, -0.05) is 26.8 Å². The van der Waals surface area contributed by atoms with Crippen molar-refractivity contribution in [1.82, 2.24) is 5.32 Å². The van der Waals surface area contributed by atoms with Crippen molar-refractivity contribution in [1.29, 1.82) is 0 Å². The summed E-state index contributed by atoms with van der Waals surface area (Å²) < 4.78 is 0. The first-order valence-electron chi connectivity index (χ1n) is 5.37. The average Bonchev–Trinajstić information content (AvgIpc) is 2.64. The summed E-state index contributed by atoms with van der Waals surface area (Å²) in [5.41, 5.74) is 0.417. The van der Waals surface area contributed by atoms with Gasteiger partial charge in [-0.3, -0.25) is 0 Å². The smallest absolute Gasteiger partial charge is 0.00454 e. The highest BCUT2D eigenvalue weighted by atomic mass is 32.1. The molecule has 0 aliphatic rings. The SMILES string of the molecule is CCNCC(C)(C)CCc1cccs1. The molecule has 1 N–H and O–H groups in total. The van der Waals surface area contributed by atoms with Gasteiger partial charge in [0.2, 0.25) is 0 Å². The zero-order chi connectivity index (χ0) is 10.4. The molecule has 0 atom stereocenters. The quantitative estimate of drug-likeness (QED) is 0.761. The van der Waals surface area contributed by atoms with Gasteiger partial charge in [0.05, 0.1) is 0 Å². The molecule has 80 valence electrons. The molecule has 0 aliphatic carbocycles. The van der Waals surface area contributed by atoms with Gasteiger partial charge < -0.3 is 5.32 Å². The number of rotatable bonds is 6. The lowest BCUT2D eigenvalue weighted by atomic mass is 9.87. The van der Waals surface area contributed by atoms with E-state index in [1.807, 2.05) is 11.3 Å². The molecule has 1 aromatic heterocycles. The molecule has 1 aromatic rings. The first-order valence-corrected chi connectivity index (χ1v) is 6.25. The van der Waals surface area contributed by atoms with Crippen molar-refractivity contribution in [2.45, 2.75) is 33.6 Å². The van der Waals surface area contributed by atoms with Crippen LogP contribution in [-0.4, -0.2) is 13.1 Å². The molecule has 0 spiro atoms. The Labute approximate surface area is 91.5 Å². The van der Waals surface area contributed by atoms with Crippen LogP contribution in [0.2, 0.25) is 0 Å². The second-order valence-corrected chi connectivity index (χ2v) is 5.56. The zero-order valence-electron chi connectivity index (χ0n) is 9.47. The number of hydrogen-bond donors (Lipinski definition) is 1. The van der Waals surface area contributed by atoms with Crippen LogP contribution in [0.3, 0.4) is 0 Å². The molecule has 0 aromatic carbocycles. The van der Waals surface area contributed by atoms with E-state index in [1.165, 1.54) is 17.7 Å². The van der Waals surface area contributed by atoms with Crippen LogP contribution in [0.15, 0.2) is 17.5 Å². The maximum Gasteiger partial charge on any atom is 0.00454 e. The zero-order valence-corrected chi connectivity index (χ0v) is 10.3. The van der Waals surface area contributed by atoms with Crippen LogP contribution in [-0.2, 0) is 6.42 Å². The van der Waals surface area contributed by atoms with E-state index >= 15 is 0 Å². The van der Waals surface area contributed by atoms with Gasteiger partial charge in [-0.15, -0.1) is 11.3 Å². The van der Waals surface area contributed by atoms with E-state index in [-0.39, 0.29) is 0 Å². The molecule has 14 heavy (non-hydrogen) atoms. The summed E-state index contributed by atoms with van der Waals surface area (Å²) in [6.45, 7) is 9.03. The lowest BCUT2D eigenvalue weighted by molar-refractivity contribution is 0.318. The van der Waals surface area contributed by atoms with Crippen LogP contribution in [0.1, 0.15) is 32.1 Å². The van der Waals surface area contributed by atoms with Crippen LogP contribution in [0.25, 0.3) is 0 Å².